The van der Waals surface area contributed by atoms with Gasteiger partial charge in [-0.3, -0.25) is 9.78 Å². The molecule has 0 atom stereocenters. The zero-order valence-electron chi connectivity index (χ0n) is 14.9. The highest BCUT2D eigenvalue weighted by Gasteiger charge is 2.21. The fourth-order valence-electron chi connectivity index (χ4n) is 2.29. The molecule has 0 unspecified atom stereocenters. The van der Waals surface area contributed by atoms with E-state index in [1.807, 2.05) is 64.3 Å². The van der Waals surface area contributed by atoms with Crippen LogP contribution in [0.25, 0.3) is 0 Å². The minimum absolute atomic E-state index is 0.0356. The van der Waals surface area contributed by atoms with E-state index in [1.54, 1.807) is 6.20 Å². The molecule has 0 saturated heterocycles. The highest BCUT2D eigenvalue weighted by molar-refractivity contribution is 5.81. The smallest absolute Gasteiger partial charge is 0.225 e. The third-order valence-corrected chi connectivity index (χ3v) is 3.78. The van der Waals surface area contributed by atoms with E-state index in [0.717, 1.165) is 30.0 Å². The number of anilines is 1. The van der Waals surface area contributed by atoms with Crippen LogP contribution in [-0.4, -0.2) is 29.5 Å². The number of carbonyl (C=O) groups is 1. The lowest BCUT2D eigenvalue weighted by Crippen LogP contribution is -2.35. The predicted octanol–water partition coefficient (Wildman–Crippen LogP) is 2.82. The van der Waals surface area contributed by atoms with Gasteiger partial charge in [-0.2, -0.15) is 0 Å². The normalized spacial score (nSPS) is 11.2. The number of aromatic nitrogens is 2. The zero-order chi connectivity index (χ0) is 17.6. The molecule has 24 heavy (non-hydrogen) atoms. The van der Waals surface area contributed by atoms with Gasteiger partial charge in [-0.1, -0.05) is 32.9 Å². The van der Waals surface area contributed by atoms with Crippen molar-refractivity contribution in [2.75, 3.05) is 18.5 Å². The van der Waals surface area contributed by atoms with Gasteiger partial charge in [-0.05, 0) is 18.2 Å². The third kappa shape index (κ3) is 5.05. The number of pyridine rings is 2. The van der Waals surface area contributed by atoms with Crippen molar-refractivity contribution in [3.05, 3.63) is 54.0 Å². The van der Waals surface area contributed by atoms with Crippen LogP contribution in [-0.2, 0) is 17.8 Å². The molecule has 0 aromatic carbocycles. The van der Waals surface area contributed by atoms with Crippen LogP contribution in [0.5, 0.6) is 0 Å². The largest absolute Gasteiger partial charge is 0.359 e. The van der Waals surface area contributed by atoms with E-state index in [1.165, 1.54) is 0 Å². The van der Waals surface area contributed by atoms with Crippen molar-refractivity contribution in [1.29, 1.82) is 0 Å². The SMILES string of the molecule is CN(CCc1ccccn1)c1ncccc1CNC(=O)C(C)(C)C. The summed E-state index contributed by atoms with van der Waals surface area (Å²) >= 11 is 0. The van der Waals surface area contributed by atoms with Crippen molar-refractivity contribution in [2.45, 2.75) is 33.7 Å². The van der Waals surface area contributed by atoms with Gasteiger partial charge in [0.1, 0.15) is 5.82 Å². The first-order chi connectivity index (χ1) is 11.4. The standard InChI is InChI=1S/C19H26N4O/c1-19(2,3)18(24)22-14-15-8-7-12-21-17(15)23(4)13-10-16-9-5-6-11-20-16/h5-9,11-12H,10,13-14H2,1-4H3,(H,22,24). The van der Waals surface area contributed by atoms with Crippen molar-refractivity contribution in [2.24, 2.45) is 5.41 Å². The van der Waals surface area contributed by atoms with E-state index in [-0.39, 0.29) is 5.91 Å². The fraction of sp³-hybridized carbons (Fsp3) is 0.421. The maximum absolute atomic E-state index is 12.1. The van der Waals surface area contributed by atoms with Crippen LogP contribution in [0, 0.1) is 5.41 Å². The van der Waals surface area contributed by atoms with Gasteiger partial charge in [0.15, 0.2) is 0 Å². The first kappa shape index (κ1) is 17.9. The van der Waals surface area contributed by atoms with E-state index < -0.39 is 5.41 Å². The Bertz CT molecular complexity index is 665. The summed E-state index contributed by atoms with van der Waals surface area (Å²) in [5, 5.41) is 2.99. The van der Waals surface area contributed by atoms with Gasteiger partial charge in [0, 0.05) is 55.6 Å². The first-order valence-electron chi connectivity index (χ1n) is 8.21. The molecule has 5 heteroatoms. The van der Waals surface area contributed by atoms with E-state index >= 15 is 0 Å². The van der Waals surface area contributed by atoms with Gasteiger partial charge in [0.2, 0.25) is 5.91 Å². The van der Waals surface area contributed by atoms with Gasteiger partial charge in [0.25, 0.3) is 0 Å². The molecule has 1 amide bonds. The van der Waals surface area contributed by atoms with Crippen molar-refractivity contribution in [3.8, 4) is 0 Å². The minimum Gasteiger partial charge on any atom is -0.359 e. The van der Waals surface area contributed by atoms with Crippen molar-refractivity contribution >= 4 is 11.7 Å². The van der Waals surface area contributed by atoms with E-state index in [4.69, 9.17) is 0 Å². The number of hydrogen-bond donors (Lipinski definition) is 1. The molecule has 2 rings (SSSR count). The average Bonchev–Trinajstić information content (AvgIpc) is 2.58. The molecule has 0 aliphatic rings. The van der Waals surface area contributed by atoms with E-state index in [9.17, 15) is 4.79 Å². The second-order valence-electron chi connectivity index (χ2n) is 6.91. The molecule has 0 aliphatic heterocycles. The number of nitrogens with one attached hydrogen (secondary N) is 1. The topological polar surface area (TPSA) is 58.1 Å². The van der Waals surface area contributed by atoms with Gasteiger partial charge in [-0.25, -0.2) is 4.98 Å². The van der Waals surface area contributed by atoms with E-state index in [0.29, 0.717) is 6.54 Å². The van der Waals surface area contributed by atoms with Gasteiger partial charge < -0.3 is 10.2 Å². The Morgan fingerprint density at radius 3 is 2.54 bits per heavy atom. The number of nitrogens with zero attached hydrogens (tertiary/aromatic N) is 3. The minimum atomic E-state index is -0.396. The zero-order valence-corrected chi connectivity index (χ0v) is 14.9. The Hall–Kier alpha value is -2.43. The number of likely N-dealkylation sites (N-methyl/N-ethyl adjacent to an activating group) is 1. The molecule has 128 valence electrons. The first-order valence-corrected chi connectivity index (χ1v) is 8.21. The third-order valence-electron chi connectivity index (χ3n) is 3.78. The fourth-order valence-corrected chi connectivity index (χ4v) is 2.29. The predicted molar refractivity (Wildman–Crippen MR) is 96.7 cm³/mol. The monoisotopic (exact) mass is 326 g/mol. The Kier molecular flexibility index (Phi) is 5.90. The van der Waals surface area contributed by atoms with E-state index in [2.05, 4.69) is 20.2 Å². The molecule has 0 spiro atoms. The molecule has 0 bridgehead atoms. The lowest BCUT2D eigenvalue weighted by molar-refractivity contribution is -0.128. The summed E-state index contributed by atoms with van der Waals surface area (Å²) in [7, 11) is 2.01. The maximum Gasteiger partial charge on any atom is 0.225 e. The number of carbonyl (C=O) groups excluding carboxylic acids is 1. The molecule has 2 aromatic rings. The lowest BCUT2D eigenvalue weighted by atomic mass is 9.95. The number of hydrogen-bond acceptors (Lipinski definition) is 4. The Balaban J connectivity index is 2.00. The van der Waals surface area contributed by atoms with Crippen LogP contribution in [0.1, 0.15) is 32.0 Å². The highest BCUT2D eigenvalue weighted by Crippen LogP contribution is 2.18. The van der Waals surface area contributed by atoms with Gasteiger partial charge in [0.05, 0.1) is 0 Å². The molecular weight excluding hydrogens is 300 g/mol. The number of amides is 1. The molecular formula is C19H26N4O. The van der Waals surface area contributed by atoms with Crippen LogP contribution in [0.2, 0.25) is 0 Å². The summed E-state index contributed by atoms with van der Waals surface area (Å²) in [5.41, 5.74) is 1.68. The van der Waals surface area contributed by atoms with Gasteiger partial charge >= 0.3 is 0 Å². The van der Waals surface area contributed by atoms with Crippen LogP contribution < -0.4 is 10.2 Å². The van der Waals surface area contributed by atoms with Crippen LogP contribution in [0.15, 0.2) is 42.7 Å². The lowest BCUT2D eigenvalue weighted by Gasteiger charge is -2.22. The Morgan fingerprint density at radius 1 is 1.12 bits per heavy atom. The molecule has 0 aliphatic carbocycles. The summed E-state index contributed by atoms with van der Waals surface area (Å²) in [6.45, 7) is 7.02. The summed E-state index contributed by atoms with van der Waals surface area (Å²) in [6.07, 6.45) is 4.44. The van der Waals surface area contributed by atoms with Crippen LogP contribution >= 0.6 is 0 Å². The van der Waals surface area contributed by atoms with Crippen LogP contribution in [0.4, 0.5) is 5.82 Å². The highest BCUT2D eigenvalue weighted by atomic mass is 16.2. The molecule has 0 radical (unpaired) electrons. The number of rotatable bonds is 6. The summed E-state index contributed by atoms with van der Waals surface area (Å²) in [5.74, 6) is 0.927. The molecule has 0 saturated carbocycles. The quantitative estimate of drug-likeness (QED) is 0.887. The molecule has 5 nitrogen and oxygen atoms in total. The summed E-state index contributed by atoms with van der Waals surface area (Å²) in [6, 6.07) is 9.84. The van der Waals surface area contributed by atoms with Gasteiger partial charge in [-0.15, -0.1) is 0 Å². The van der Waals surface area contributed by atoms with Crippen molar-refractivity contribution in [1.82, 2.24) is 15.3 Å². The van der Waals surface area contributed by atoms with Crippen molar-refractivity contribution in [3.63, 3.8) is 0 Å². The Labute approximate surface area is 144 Å². The molecule has 1 N–H and O–H groups in total. The summed E-state index contributed by atoms with van der Waals surface area (Å²) < 4.78 is 0. The van der Waals surface area contributed by atoms with Crippen LogP contribution in [0.3, 0.4) is 0 Å². The average molecular weight is 326 g/mol. The summed E-state index contributed by atoms with van der Waals surface area (Å²) in [4.78, 5) is 23.0. The second-order valence-corrected chi connectivity index (χ2v) is 6.91. The molecule has 0 fully saturated rings. The maximum atomic E-state index is 12.1. The second kappa shape index (κ2) is 7.90. The van der Waals surface area contributed by atoms with Crippen molar-refractivity contribution < 1.29 is 4.79 Å². The Morgan fingerprint density at radius 2 is 1.88 bits per heavy atom. The molecule has 2 aromatic heterocycles. The molecule has 2 heterocycles.